The SMILES string of the molecule is CN1CCC(N(C)C(=O)c2ccc(Cl)cc2F)CC1. The lowest BCUT2D eigenvalue weighted by Gasteiger charge is -2.35. The first-order chi connectivity index (χ1) is 8.99. The Hall–Kier alpha value is -1.13. The molecule has 19 heavy (non-hydrogen) atoms. The zero-order valence-electron chi connectivity index (χ0n) is 11.2. The Bertz CT molecular complexity index is 473. The van der Waals surface area contributed by atoms with E-state index in [-0.39, 0.29) is 17.5 Å². The molecule has 0 spiro atoms. The first kappa shape index (κ1) is 14.3. The molecule has 1 heterocycles. The molecule has 1 fully saturated rings. The molecule has 0 N–H and O–H groups in total. The predicted molar refractivity (Wildman–Crippen MR) is 74.0 cm³/mol. The Labute approximate surface area is 117 Å². The molecule has 1 aromatic carbocycles. The second-order valence-corrected chi connectivity index (χ2v) is 5.51. The fourth-order valence-electron chi connectivity index (χ4n) is 2.40. The van der Waals surface area contributed by atoms with Crippen molar-refractivity contribution >= 4 is 17.5 Å². The molecule has 104 valence electrons. The number of carbonyl (C=O) groups excluding carboxylic acids is 1. The molecular formula is C14H18ClFN2O. The van der Waals surface area contributed by atoms with Gasteiger partial charge in [-0.25, -0.2) is 4.39 Å². The first-order valence-corrected chi connectivity index (χ1v) is 6.77. The monoisotopic (exact) mass is 284 g/mol. The van der Waals surface area contributed by atoms with Gasteiger partial charge in [-0.05, 0) is 51.2 Å². The van der Waals surface area contributed by atoms with E-state index in [1.165, 1.54) is 12.1 Å². The van der Waals surface area contributed by atoms with Crippen LogP contribution in [-0.4, -0.2) is 48.9 Å². The lowest BCUT2D eigenvalue weighted by molar-refractivity contribution is 0.0655. The van der Waals surface area contributed by atoms with Crippen LogP contribution < -0.4 is 0 Å². The van der Waals surface area contributed by atoms with Crippen LogP contribution in [0.5, 0.6) is 0 Å². The first-order valence-electron chi connectivity index (χ1n) is 6.40. The summed E-state index contributed by atoms with van der Waals surface area (Å²) in [5, 5.41) is 0.302. The molecule has 1 aliphatic heterocycles. The van der Waals surface area contributed by atoms with Crippen LogP contribution in [-0.2, 0) is 0 Å². The second kappa shape index (κ2) is 5.88. The Morgan fingerprint density at radius 3 is 2.63 bits per heavy atom. The van der Waals surface area contributed by atoms with Crippen molar-refractivity contribution in [2.24, 2.45) is 0 Å². The standard InChI is InChI=1S/C14H18ClFN2O/c1-17-7-5-11(6-8-17)18(2)14(19)12-4-3-10(15)9-13(12)16/h3-4,9,11H,5-8H2,1-2H3. The predicted octanol–water partition coefficient (Wildman–Crippen LogP) is 2.65. The van der Waals surface area contributed by atoms with Crippen molar-refractivity contribution in [3.63, 3.8) is 0 Å². The van der Waals surface area contributed by atoms with Crippen LogP contribution in [0.4, 0.5) is 4.39 Å². The minimum Gasteiger partial charge on any atom is -0.339 e. The second-order valence-electron chi connectivity index (χ2n) is 5.07. The summed E-state index contributed by atoms with van der Waals surface area (Å²) in [5.74, 6) is -0.832. The van der Waals surface area contributed by atoms with Crippen molar-refractivity contribution in [2.75, 3.05) is 27.2 Å². The van der Waals surface area contributed by atoms with E-state index in [9.17, 15) is 9.18 Å². The van der Waals surface area contributed by atoms with E-state index >= 15 is 0 Å². The topological polar surface area (TPSA) is 23.6 Å². The summed E-state index contributed by atoms with van der Waals surface area (Å²) in [6.45, 7) is 1.93. The fourth-order valence-corrected chi connectivity index (χ4v) is 2.56. The summed E-state index contributed by atoms with van der Waals surface area (Å²) in [4.78, 5) is 16.2. The van der Waals surface area contributed by atoms with E-state index < -0.39 is 5.82 Å². The highest BCUT2D eigenvalue weighted by Gasteiger charge is 2.26. The van der Waals surface area contributed by atoms with Gasteiger partial charge in [-0.15, -0.1) is 0 Å². The van der Waals surface area contributed by atoms with Crippen LogP contribution in [0.1, 0.15) is 23.2 Å². The molecule has 3 nitrogen and oxygen atoms in total. The number of halogens is 2. The highest BCUT2D eigenvalue weighted by Crippen LogP contribution is 2.20. The van der Waals surface area contributed by atoms with E-state index in [4.69, 9.17) is 11.6 Å². The maximum atomic E-state index is 13.8. The van der Waals surface area contributed by atoms with Crippen molar-refractivity contribution in [3.05, 3.63) is 34.6 Å². The van der Waals surface area contributed by atoms with Gasteiger partial charge in [0.25, 0.3) is 5.91 Å². The van der Waals surface area contributed by atoms with Gasteiger partial charge in [0.2, 0.25) is 0 Å². The number of rotatable bonds is 2. The summed E-state index contributed by atoms with van der Waals surface area (Å²) in [7, 11) is 3.81. The Balaban J connectivity index is 2.10. The number of piperidine rings is 1. The Morgan fingerprint density at radius 2 is 2.05 bits per heavy atom. The molecular weight excluding hydrogens is 267 g/mol. The van der Waals surface area contributed by atoms with Gasteiger partial charge in [0.15, 0.2) is 0 Å². The number of likely N-dealkylation sites (tertiary alicyclic amines) is 1. The maximum absolute atomic E-state index is 13.8. The highest BCUT2D eigenvalue weighted by molar-refractivity contribution is 6.30. The van der Waals surface area contributed by atoms with Gasteiger partial charge in [-0.1, -0.05) is 11.6 Å². The molecule has 1 aromatic rings. The zero-order valence-corrected chi connectivity index (χ0v) is 12.0. The Morgan fingerprint density at radius 1 is 1.42 bits per heavy atom. The van der Waals surface area contributed by atoms with Gasteiger partial charge in [-0.3, -0.25) is 4.79 Å². The maximum Gasteiger partial charge on any atom is 0.256 e. The van der Waals surface area contributed by atoms with Crippen LogP contribution in [0.15, 0.2) is 18.2 Å². The third-order valence-electron chi connectivity index (χ3n) is 3.72. The molecule has 1 saturated heterocycles. The molecule has 0 saturated carbocycles. The van der Waals surface area contributed by atoms with Crippen molar-refractivity contribution in [2.45, 2.75) is 18.9 Å². The number of carbonyl (C=O) groups is 1. The summed E-state index contributed by atoms with van der Waals surface area (Å²) < 4.78 is 13.8. The fraction of sp³-hybridized carbons (Fsp3) is 0.500. The zero-order chi connectivity index (χ0) is 14.0. The quantitative estimate of drug-likeness (QED) is 0.833. The third kappa shape index (κ3) is 3.25. The van der Waals surface area contributed by atoms with Crippen molar-refractivity contribution in [3.8, 4) is 0 Å². The molecule has 2 rings (SSSR count). The van der Waals surface area contributed by atoms with Crippen LogP contribution in [0.2, 0.25) is 5.02 Å². The summed E-state index contributed by atoms with van der Waals surface area (Å²) in [6.07, 6.45) is 1.85. The Kier molecular flexibility index (Phi) is 4.42. The summed E-state index contributed by atoms with van der Waals surface area (Å²) in [5.41, 5.74) is 0.0887. The summed E-state index contributed by atoms with van der Waals surface area (Å²) >= 11 is 5.70. The minimum atomic E-state index is -0.558. The van der Waals surface area contributed by atoms with E-state index in [1.807, 2.05) is 0 Å². The summed E-state index contributed by atoms with van der Waals surface area (Å²) in [6, 6.07) is 4.35. The molecule has 5 heteroatoms. The number of nitrogens with zero attached hydrogens (tertiary/aromatic N) is 2. The number of hydrogen-bond acceptors (Lipinski definition) is 2. The largest absolute Gasteiger partial charge is 0.339 e. The van der Waals surface area contributed by atoms with Gasteiger partial charge >= 0.3 is 0 Å². The minimum absolute atomic E-state index is 0.0887. The molecule has 0 aromatic heterocycles. The smallest absolute Gasteiger partial charge is 0.256 e. The van der Waals surface area contributed by atoms with Gasteiger partial charge in [0.1, 0.15) is 5.82 Å². The average molecular weight is 285 g/mol. The van der Waals surface area contributed by atoms with Gasteiger partial charge in [0, 0.05) is 18.1 Å². The molecule has 0 bridgehead atoms. The molecule has 0 radical (unpaired) electrons. The molecule has 1 amide bonds. The van der Waals surface area contributed by atoms with Gasteiger partial charge in [0.05, 0.1) is 5.56 Å². The average Bonchev–Trinajstić information content (AvgIpc) is 2.38. The van der Waals surface area contributed by atoms with Crippen LogP contribution in [0, 0.1) is 5.82 Å². The number of benzene rings is 1. The van der Waals surface area contributed by atoms with E-state index in [0.717, 1.165) is 25.9 Å². The van der Waals surface area contributed by atoms with E-state index in [0.29, 0.717) is 5.02 Å². The van der Waals surface area contributed by atoms with Crippen LogP contribution in [0.25, 0.3) is 0 Å². The third-order valence-corrected chi connectivity index (χ3v) is 3.95. The van der Waals surface area contributed by atoms with Crippen molar-refractivity contribution in [1.29, 1.82) is 0 Å². The van der Waals surface area contributed by atoms with Gasteiger partial charge in [-0.2, -0.15) is 0 Å². The number of amides is 1. The van der Waals surface area contributed by atoms with Crippen molar-refractivity contribution in [1.82, 2.24) is 9.80 Å². The highest BCUT2D eigenvalue weighted by atomic mass is 35.5. The van der Waals surface area contributed by atoms with Crippen molar-refractivity contribution < 1.29 is 9.18 Å². The number of hydrogen-bond donors (Lipinski definition) is 0. The lowest BCUT2D eigenvalue weighted by Crippen LogP contribution is -2.44. The van der Waals surface area contributed by atoms with E-state index in [2.05, 4.69) is 11.9 Å². The molecule has 0 unspecified atom stereocenters. The molecule has 0 aliphatic carbocycles. The molecule has 0 atom stereocenters. The van der Waals surface area contributed by atoms with E-state index in [1.54, 1.807) is 18.0 Å². The van der Waals surface area contributed by atoms with Crippen LogP contribution in [0.3, 0.4) is 0 Å². The lowest BCUT2D eigenvalue weighted by atomic mass is 10.0. The normalized spacial score (nSPS) is 17.5. The van der Waals surface area contributed by atoms with Gasteiger partial charge < -0.3 is 9.80 Å². The van der Waals surface area contributed by atoms with Crippen LogP contribution >= 0.6 is 11.6 Å². The molecule has 1 aliphatic rings.